The van der Waals surface area contributed by atoms with Gasteiger partial charge >= 0.3 is 0 Å². The quantitative estimate of drug-likeness (QED) is 0.471. The standard InChI is InChI=1S/C21H18FN7O3/c22-13-5-6-16(24-10-13)26-17(30)11-28-18-8-15(20(31)25-9-12-3-4-12)27-29(18)19-14(21(28)32)2-1-7-23-19/h1-2,5-8,10,12H,3-4,9,11H2,(H,25,31)(H,24,26,30). The van der Waals surface area contributed by atoms with Crippen LogP contribution >= 0.6 is 0 Å². The Morgan fingerprint density at radius 2 is 2.03 bits per heavy atom. The van der Waals surface area contributed by atoms with Crippen molar-refractivity contribution < 1.29 is 14.0 Å². The molecule has 1 saturated carbocycles. The topological polar surface area (TPSA) is 123 Å². The fourth-order valence-electron chi connectivity index (χ4n) is 3.39. The molecule has 2 amide bonds. The van der Waals surface area contributed by atoms with Gasteiger partial charge in [-0.05, 0) is 43.0 Å². The molecule has 0 radical (unpaired) electrons. The van der Waals surface area contributed by atoms with Crippen molar-refractivity contribution in [1.29, 1.82) is 0 Å². The zero-order valence-electron chi connectivity index (χ0n) is 16.8. The summed E-state index contributed by atoms with van der Waals surface area (Å²) in [6.45, 7) is 0.215. The number of nitrogens with zero attached hydrogens (tertiary/aromatic N) is 5. The number of pyridine rings is 2. The number of fused-ring (bicyclic) bond motifs is 3. The zero-order chi connectivity index (χ0) is 22.2. The van der Waals surface area contributed by atoms with E-state index in [0.717, 1.165) is 25.1 Å². The van der Waals surface area contributed by atoms with Crippen molar-refractivity contribution >= 4 is 34.3 Å². The molecular weight excluding hydrogens is 417 g/mol. The predicted molar refractivity (Wildman–Crippen MR) is 113 cm³/mol. The number of carbonyl (C=O) groups excluding carboxylic acids is 2. The maximum absolute atomic E-state index is 13.1. The first kappa shape index (κ1) is 19.8. The van der Waals surface area contributed by atoms with Crippen molar-refractivity contribution in [3.63, 3.8) is 0 Å². The lowest BCUT2D eigenvalue weighted by Gasteiger charge is -2.10. The van der Waals surface area contributed by atoms with Gasteiger partial charge in [-0.25, -0.2) is 14.4 Å². The van der Waals surface area contributed by atoms with Crippen molar-refractivity contribution in [3.8, 4) is 0 Å². The lowest BCUT2D eigenvalue weighted by atomic mass is 10.3. The summed E-state index contributed by atoms with van der Waals surface area (Å²) in [6, 6.07) is 7.13. The number of halogens is 1. The van der Waals surface area contributed by atoms with E-state index in [9.17, 15) is 18.8 Å². The zero-order valence-corrected chi connectivity index (χ0v) is 16.8. The molecule has 4 aromatic rings. The molecule has 1 aliphatic carbocycles. The first-order valence-electron chi connectivity index (χ1n) is 10.1. The number of aromatic nitrogens is 5. The fourth-order valence-corrected chi connectivity index (χ4v) is 3.39. The maximum Gasteiger partial charge on any atom is 0.271 e. The van der Waals surface area contributed by atoms with E-state index in [1.165, 1.54) is 27.4 Å². The van der Waals surface area contributed by atoms with E-state index in [0.29, 0.717) is 12.5 Å². The minimum Gasteiger partial charge on any atom is -0.350 e. The molecular formula is C21H18FN7O3. The molecule has 1 aliphatic rings. The van der Waals surface area contributed by atoms with Gasteiger partial charge in [0, 0.05) is 18.8 Å². The average molecular weight is 435 g/mol. The van der Waals surface area contributed by atoms with Crippen molar-refractivity contribution in [3.05, 3.63) is 64.6 Å². The molecule has 0 unspecified atom stereocenters. The van der Waals surface area contributed by atoms with Crippen molar-refractivity contribution in [2.24, 2.45) is 5.92 Å². The highest BCUT2D eigenvalue weighted by Crippen LogP contribution is 2.27. The van der Waals surface area contributed by atoms with Crippen LogP contribution in [-0.4, -0.2) is 42.5 Å². The van der Waals surface area contributed by atoms with Gasteiger partial charge in [0.05, 0.1) is 11.6 Å². The molecule has 0 aliphatic heterocycles. The molecule has 162 valence electrons. The number of hydrogen-bond acceptors (Lipinski definition) is 6. The van der Waals surface area contributed by atoms with Gasteiger partial charge in [0.1, 0.15) is 23.8 Å². The second kappa shape index (κ2) is 7.84. The summed E-state index contributed by atoms with van der Waals surface area (Å²) in [5.41, 5.74) is 0.204. The van der Waals surface area contributed by atoms with Crippen LogP contribution in [0.5, 0.6) is 0 Å². The van der Waals surface area contributed by atoms with Gasteiger partial charge in [0.2, 0.25) is 5.91 Å². The molecule has 0 spiro atoms. The second-order valence-electron chi connectivity index (χ2n) is 7.63. The molecule has 11 heteroatoms. The third kappa shape index (κ3) is 3.80. The number of hydrogen-bond donors (Lipinski definition) is 2. The summed E-state index contributed by atoms with van der Waals surface area (Å²) in [5.74, 6) is -0.785. The van der Waals surface area contributed by atoms with Gasteiger partial charge < -0.3 is 10.6 Å². The lowest BCUT2D eigenvalue weighted by molar-refractivity contribution is -0.116. The highest BCUT2D eigenvalue weighted by molar-refractivity contribution is 5.94. The number of rotatable bonds is 6. The highest BCUT2D eigenvalue weighted by atomic mass is 19.1. The van der Waals surface area contributed by atoms with Gasteiger partial charge in [-0.15, -0.1) is 0 Å². The molecule has 4 aromatic heterocycles. The Morgan fingerprint density at radius 3 is 2.78 bits per heavy atom. The summed E-state index contributed by atoms with van der Waals surface area (Å²) < 4.78 is 15.6. The Balaban J connectivity index is 1.52. The van der Waals surface area contributed by atoms with E-state index < -0.39 is 17.3 Å². The minimum atomic E-state index is -0.544. The van der Waals surface area contributed by atoms with Crippen LogP contribution in [0.1, 0.15) is 23.3 Å². The molecule has 2 N–H and O–H groups in total. The molecule has 5 rings (SSSR count). The fraction of sp³-hybridized carbons (Fsp3) is 0.238. The SMILES string of the molecule is O=C(Cn1c(=O)c2cccnc2n2nc(C(=O)NCC3CC3)cc12)Nc1ccc(F)cn1. The summed E-state index contributed by atoms with van der Waals surface area (Å²) >= 11 is 0. The Hall–Kier alpha value is -4.15. The van der Waals surface area contributed by atoms with Crippen LogP contribution in [0.25, 0.3) is 16.7 Å². The summed E-state index contributed by atoms with van der Waals surface area (Å²) in [4.78, 5) is 46.3. The molecule has 0 aromatic carbocycles. The third-order valence-electron chi connectivity index (χ3n) is 5.21. The van der Waals surface area contributed by atoms with Crippen LogP contribution in [-0.2, 0) is 11.3 Å². The number of nitrogens with one attached hydrogen (secondary N) is 2. The van der Waals surface area contributed by atoms with E-state index >= 15 is 0 Å². The number of carbonyl (C=O) groups is 2. The van der Waals surface area contributed by atoms with E-state index in [-0.39, 0.29) is 40.6 Å². The molecule has 0 bridgehead atoms. The van der Waals surface area contributed by atoms with E-state index in [1.807, 2.05) is 0 Å². The Labute approximate surface area is 180 Å². The Kier molecular flexibility index (Phi) is 4.85. The maximum atomic E-state index is 13.1. The highest BCUT2D eigenvalue weighted by Gasteiger charge is 2.24. The van der Waals surface area contributed by atoms with Gasteiger partial charge in [-0.2, -0.15) is 9.61 Å². The Morgan fingerprint density at radius 1 is 1.19 bits per heavy atom. The smallest absolute Gasteiger partial charge is 0.271 e. The normalized spacial score (nSPS) is 13.4. The van der Waals surface area contributed by atoms with Crippen LogP contribution < -0.4 is 16.2 Å². The van der Waals surface area contributed by atoms with Crippen LogP contribution in [0.15, 0.2) is 47.5 Å². The van der Waals surface area contributed by atoms with Crippen molar-refractivity contribution in [2.45, 2.75) is 19.4 Å². The van der Waals surface area contributed by atoms with Gasteiger partial charge in [0.15, 0.2) is 11.3 Å². The minimum absolute atomic E-state index is 0.123. The summed E-state index contributed by atoms with van der Waals surface area (Å²) in [6.07, 6.45) is 4.69. The summed E-state index contributed by atoms with van der Waals surface area (Å²) in [5, 5.41) is 9.96. The van der Waals surface area contributed by atoms with Crippen molar-refractivity contribution in [1.82, 2.24) is 29.5 Å². The van der Waals surface area contributed by atoms with E-state index in [2.05, 4.69) is 25.7 Å². The number of amides is 2. The summed E-state index contributed by atoms with van der Waals surface area (Å²) in [7, 11) is 0. The second-order valence-corrected chi connectivity index (χ2v) is 7.63. The number of anilines is 1. The monoisotopic (exact) mass is 435 g/mol. The molecule has 1 fully saturated rings. The predicted octanol–water partition coefficient (Wildman–Crippen LogP) is 1.36. The molecule has 10 nitrogen and oxygen atoms in total. The van der Waals surface area contributed by atoms with Gasteiger partial charge in [-0.1, -0.05) is 0 Å². The average Bonchev–Trinajstić information content (AvgIpc) is 3.52. The van der Waals surface area contributed by atoms with E-state index in [4.69, 9.17) is 0 Å². The lowest BCUT2D eigenvalue weighted by Crippen LogP contribution is -2.29. The third-order valence-corrected chi connectivity index (χ3v) is 5.21. The van der Waals surface area contributed by atoms with Crippen LogP contribution in [0.4, 0.5) is 10.2 Å². The molecule has 4 heterocycles. The van der Waals surface area contributed by atoms with E-state index in [1.54, 1.807) is 12.1 Å². The van der Waals surface area contributed by atoms with Crippen LogP contribution in [0.3, 0.4) is 0 Å². The van der Waals surface area contributed by atoms with Gasteiger partial charge in [-0.3, -0.25) is 19.0 Å². The largest absolute Gasteiger partial charge is 0.350 e. The van der Waals surface area contributed by atoms with Crippen molar-refractivity contribution in [2.75, 3.05) is 11.9 Å². The first-order chi connectivity index (χ1) is 15.5. The van der Waals surface area contributed by atoms with Crippen LogP contribution in [0, 0.1) is 11.7 Å². The van der Waals surface area contributed by atoms with Crippen LogP contribution in [0.2, 0.25) is 0 Å². The molecule has 32 heavy (non-hydrogen) atoms. The first-order valence-corrected chi connectivity index (χ1v) is 10.1. The molecule has 0 atom stereocenters. The molecule has 0 saturated heterocycles. The van der Waals surface area contributed by atoms with Gasteiger partial charge in [0.25, 0.3) is 11.5 Å². The Bertz CT molecular complexity index is 1410.